The average molecular weight is 309 g/mol. The van der Waals surface area contributed by atoms with E-state index in [1.807, 2.05) is 31.2 Å². The Morgan fingerprint density at radius 3 is 2.44 bits per heavy atom. The number of rotatable bonds is 3. The van der Waals surface area contributed by atoms with Crippen molar-refractivity contribution in [1.82, 2.24) is 0 Å². The summed E-state index contributed by atoms with van der Waals surface area (Å²) in [5.41, 5.74) is 3.05. The molecule has 0 N–H and O–H groups in total. The van der Waals surface area contributed by atoms with Gasteiger partial charge in [0, 0.05) is 0 Å². The van der Waals surface area contributed by atoms with Crippen molar-refractivity contribution in [2.75, 3.05) is 7.11 Å². The maximum absolute atomic E-state index is 13.2. The van der Waals surface area contributed by atoms with Gasteiger partial charge in [-0.1, -0.05) is 40.2 Å². The molecular weight excluding hydrogens is 295 g/mol. The summed E-state index contributed by atoms with van der Waals surface area (Å²) in [4.78, 5) is -0.0159. The molecule has 18 heavy (non-hydrogen) atoms. The number of benzene rings is 2. The largest absolute Gasteiger partial charge is 0.496 e. The van der Waals surface area contributed by atoms with Crippen LogP contribution in [0.2, 0.25) is 0 Å². The Kier molecular flexibility index (Phi) is 4.02. The summed E-state index contributed by atoms with van der Waals surface area (Å²) >= 11 is 3.60. The lowest BCUT2D eigenvalue weighted by atomic mass is 10.0. The summed E-state index contributed by atoms with van der Waals surface area (Å²) in [7, 11) is 1.65. The van der Waals surface area contributed by atoms with Gasteiger partial charge in [-0.15, -0.1) is 0 Å². The Morgan fingerprint density at radius 2 is 1.83 bits per heavy atom. The van der Waals surface area contributed by atoms with E-state index in [9.17, 15) is 4.39 Å². The van der Waals surface area contributed by atoms with E-state index in [2.05, 4.69) is 15.9 Å². The van der Waals surface area contributed by atoms with Crippen LogP contribution in [0.15, 0.2) is 42.5 Å². The molecule has 0 aliphatic rings. The molecule has 0 bridgehead atoms. The quantitative estimate of drug-likeness (QED) is 0.751. The molecule has 0 aliphatic heterocycles. The maximum atomic E-state index is 13.2. The Morgan fingerprint density at radius 1 is 1.11 bits per heavy atom. The highest BCUT2D eigenvalue weighted by atomic mass is 79.9. The number of aryl methyl sites for hydroxylation is 1. The Labute approximate surface area is 115 Å². The third-order valence-electron chi connectivity index (χ3n) is 2.85. The van der Waals surface area contributed by atoms with Gasteiger partial charge in [-0.2, -0.15) is 0 Å². The molecule has 2 aromatic carbocycles. The normalized spacial score (nSPS) is 12.2. The molecule has 0 spiro atoms. The monoisotopic (exact) mass is 308 g/mol. The predicted octanol–water partition coefficient (Wildman–Crippen LogP) is 4.63. The Hall–Kier alpha value is -1.35. The van der Waals surface area contributed by atoms with Crippen molar-refractivity contribution in [3.05, 3.63) is 65.0 Å². The zero-order chi connectivity index (χ0) is 13.1. The van der Waals surface area contributed by atoms with Gasteiger partial charge in [0.1, 0.15) is 11.6 Å². The molecule has 1 unspecified atom stereocenters. The molecule has 2 rings (SSSR count). The van der Waals surface area contributed by atoms with Gasteiger partial charge >= 0.3 is 0 Å². The fourth-order valence-corrected chi connectivity index (χ4v) is 2.49. The molecular formula is C15H14BrFO. The van der Waals surface area contributed by atoms with E-state index in [0.29, 0.717) is 0 Å². The van der Waals surface area contributed by atoms with Gasteiger partial charge in [0.2, 0.25) is 0 Å². The minimum absolute atomic E-state index is 0.0159. The van der Waals surface area contributed by atoms with E-state index in [-0.39, 0.29) is 10.6 Å². The van der Waals surface area contributed by atoms with Crippen LogP contribution in [0, 0.1) is 12.7 Å². The van der Waals surface area contributed by atoms with Gasteiger partial charge in [-0.3, -0.25) is 0 Å². The predicted molar refractivity (Wildman–Crippen MR) is 74.9 cm³/mol. The highest BCUT2D eigenvalue weighted by molar-refractivity contribution is 9.09. The van der Waals surface area contributed by atoms with Crippen molar-refractivity contribution < 1.29 is 9.13 Å². The van der Waals surface area contributed by atoms with Crippen LogP contribution in [-0.4, -0.2) is 7.11 Å². The first-order chi connectivity index (χ1) is 8.61. The van der Waals surface area contributed by atoms with Crippen LogP contribution in [0.5, 0.6) is 5.75 Å². The molecule has 0 heterocycles. The number of hydrogen-bond acceptors (Lipinski definition) is 1. The second-order valence-corrected chi connectivity index (χ2v) is 5.06. The average Bonchev–Trinajstić information content (AvgIpc) is 2.37. The third-order valence-corrected chi connectivity index (χ3v) is 3.91. The molecule has 0 amide bonds. The summed E-state index contributed by atoms with van der Waals surface area (Å²) in [6.07, 6.45) is 0. The first-order valence-corrected chi connectivity index (χ1v) is 6.57. The minimum Gasteiger partial charge on any atom is -0.496 e. The molecule has 0 fully saturated rings. The van der Waals surface area contributed by atoms with Crippen molar-refractivity contribution in [3.63, 3.8) is 0 Å². The summed E-state index contributed by atoms with van der Waals surface area (Å²) in [6.45, 7) is 1.99. The lowest BCUT2D eigenvalue weighted by Gasteiger charge is -2.13. The second-order valence-electron chi connectivity index (χ2n) is 4.15. The van der Waals surface area contributed by atoms with Gasteiger partial charge < -0.3 is 4.74 Å². The van der Waals surface area contributed by atoms with E-state index < -0.39 is 0 Å². The van der Waals surface area contributed by atoms with Crippen molar-refractivity contribution >= 4 is 15.9 Å². The zero-order valence-electron chi connectivity index (χ0n) is 10.3. The fraction of sp³-hybridized carbons (Fsp3) is 0.200. The zero-order valence-corrected chi connectivity index (χ0v) is 11.9. The lowest BCUT2D eigenvalue weighted by Crippen LogP contribution is -1.95. The smallest absolute Gasteiger partial charge is 0.123 e. The summed E-state index contributed by atoms with van der Waals surface area (Å²) in [5.74, 6) is 0.639. The van der Waals surface area contributed by atoms with Crippen LogP contribution in [0.4, 0.5) is 4.39 Å². The van der Waals surface area contributed by atoms with E-state index in [4.69, 9.17) is 4.74 Å². The number of hydrogen-bond donors (Lipinski definition) is 0. The van der Waals surface area contributed by atoms with Crippen molar-refractivity contribution in [2.24, 2.45) is 0 Å². The maximum Gasteiger partial charge on any atom is 0.123 e. The number of methoxy groups -OCH3 is 1. The number of alkyl halides is 1. The first-order valence-electron chi connectivity index (χ1n) is 5.66. The second kappa shape index (κ2) is 5.53. The third kappa shape index (κ3) is 2.72. The van der Waals surface area contributed by atoms with Crippen LogP contribution in [-0.2, 0) is 0 Å². The molecule has 2 aromatic rings. The molecule has 0 radical (unpaired) electrons. The minimum atomic E-state index is -0.220. The van der Waals surface area contributed by atoms with Gasteiger partial charge in [0.05, 0.1) is 11.9 Å². The summed E-state index contributed by atoms with van der Waals surface area (Å²) in [6, 6.07) is 12.6. The van der Waals surface area contributed by atoms with Gasteiger partial charge in [0.15, 0.2) is 0 Å². The highest BCUT2D eigenvalue weighted by Gasteiger charge is 2.12. The Bertz CT molecular complexity index is 554. The van der Waals surface area contributed by atoms with E-state index in [1.165, 1.54) is 6.07 Å². The molecule has 0 saturated carbocycles. The highest BCUT2D eigenvalue weighted by Crippen LogP contribution is 2.33. The molecule has 0 saturated heterocycles. The van der Waals surface area contributed by atoms with Crippen molar-refractivity contribution in [3.8, 4) is 5.75 Å². The van der Waals surface area contributed by atoms with Gasteiger partial charge in [-0.05, 0) is 41.8 Å². The van der Waals surface area contributed by atoms with Crippen LogP contribution < -0.4 is 4.74 Å². The van der Waals surface area contributed by atoms with Gasteiger partial charge in [0.25, 0.3) is 0 Å². The van der Waals surface area contributed by atoms with Crippen molar-refractivity contribution in [2.45, 2.75) is 11.8 Å². The van der Waals surface area contributed by atoms with E-state index in [1.54, 1.807) is 19.2 Å². The van der Waals surface area contributed by atoms with E-state index in [0.717, 1.165) is 22.4 Å². The van der Waals surface area contributed by atoms with E-state index >= 15 is 0 Å². The topological polar surface area (TPSA) is 9.23 Å². The molecule has 1 atom stereocenters. The number of halogens is 2. The van der Waals surface area contributed by atoms with Crippen LogP contribution >= 0.6 is 15.9 Å². The molecule has 3 heteroatoms. The van der Waals surface area contributed by atoms with Crippen LogP contribution in [0.3, 0.4) is 0 Å². The van der Waals surface area contributed by atoms with Crippen LogP contribution in [0.1, 0.15) is 21.5 Å². The fourth-order valence-electron chi connectivity index (χ4n) is 1.92. The molecule has 94 valence electrons. The number of ether oxygens (including phenoxy) is 1. The molecule has 0 aliphatic carbocycles. The Balaban J connectivity index is 2.34. The SMILES string of the molecule is COc1ccc(C(Br)c2cccc(F)c2)cc1C. The summed E-state index contributed by atoms with van der Waals surface area (Å²) < 4.78 is 18.4. The standard InChI is InChI=1S/C15H14BrFO/c1-10-8-12(6-7-14(10)18-2)15(16)11-4-3-5-13(17)9-11/h3-9,15H,1-2H3. The lowest BCUT2D eigenvalue weighted by molar-refractivity contribution is 0.411. The van der Waals surface area contributed by atoms with Crippen molar-refractivity contribution in [1.29, 1.82) is 0 Å². The van der Waals surface area contributed by atoms with Crippen LogP contribution in [0.25, 0.3) is 0 Å². The first kappa shape index (κ1) is 13.1. The molecule has 1 nitrogen and oxygen atoms in total. The van der Waals surface area contributed by atoms with Gasteiger partial charge in [-0.25, -0.2) is 4.39 Å². The molecule has 0 aromatic heterocycles. The summed E-state index contributed by atoms with van der Waals surface area (Å²) in [5, 5.41) is 0.